The highest BCUT2D eigenvalue weighted by Crippen LogP contribution is 2.37. The maximum Gasteiger partial charge on any atom is 0.253 e. The van der Waals surface area contributed by atoms with Crippen LogP contribution >= 0.6 is 0 Å². The molecule has 7 nitrogen and oxygen atoms in total. The van der Waals surface area contributed by atoms with Crippen LogP contribution in [0.4, 0.5) is 11.6 Å². The van der Waals surface area contributed by atoms with Crippen LogP contribution in [0.2, 0.25) is 0 Å². The van der Waals surface area contributed by atoms with Crippen molar-refractivity contribution in [3.63, 3.8) is 0 Å². The largest absolute Gasteiger partial charge is 0.376 e. The smallest absolute Gasteiger partial charge is 0.253 e. The van der Waals surface area contributed by atoms with Gasteiger partial charge in [-0.1, -0.05) is 30.3 Å². The average molecular weight is 404 g/mol. The number of para-hydroxylation sites is 3. The number of nitrogens with one attached hydrogen (secondary N) is 1. The van der Waals surface area contributed by atoms with Crippen LogP contribution in [0.5, 0.6) is 0 Å². The summed E-state index contributed by atoms with van der Waals surface area (Å²) in [6.07, 6.45) is 2.01. The predicted octanol–water partition coefficient (Wildman–Crippen LogP) is 3.44. The zero-order valence-corrected chi connectivity index (χ0v) is 16.9. The van der Waals surface area contributed by atoms with Gasteiger partial charge in [-0.25, -0.2) is 4.98 Å². The first-order chi connectivity index (χ1) is 14.6. The summed E-state index contributed by atoms with van der Waals surface area (Å²) in [6.45, 7) is 3.14. The fraction of sp³-hybridized carbons (Fsp3) is 0.348. The Morgan fingerprint density at radius 3 is 2.80 bits per heavy atom. The molecule has 0 aliphatic carbocycles. The molecule has 3 heterocycles. The Morgan fingerprint density at radius 2 is 2.00 bits per heavy atom. The summed E-state index contributed by atoms with van der Waals surface area (Å²) in [5, 5.41) is 2.95. The minimum absolute atomic E-state index is 0.0155. The molecule has 154 valence electrons. The van der Waals surface area contributed by atoms with Crippen molar-refractivity contribution in [1.82, 2.24) is 9.55 Å². The molecule has 2 aliphatic rings. The third-order valence-corrected chi connectivity index (χ3v) is 5.89. The van der Waals surface area contributed by atoms with E-state index in [1.807, 2.05) is 60.0 Å². The summed E-state index contributed by atoms with van der Waals surface area (Å²) >= 11 is 0. The molecule has 0 spiro atoms. The van der Waals surface area contributed by atoms with Gasteiger partial charge in [-0.05, 0) is 43.5 Å². The molecule has 2 aliphatic heterocycles. The van der Waals surface area contributed by atoms with Gasteiger partial charge in [0.25, 0.3) is 5.91 Å². The third-order valence-electron chi connectivity index (χ3n) is 5.89. The maximum absolute atomic E-state index is 13.3. The van der Waals surface area contributed by atoms with Crippen LogP contribution in [0.1, 0.15) is 30.9 Å². The molecule has 2 atom stereocenters. The number of benzene rings is 2. The molecular weight excluding hydrogens is 380 g/mol. The third kappa shape index (κ3) is 3.25. The van der Waals surface area contributed by atoms with Gasteiger partial charge in [-0.2, -0.15) is 0 Å². The van der Waals surface area contributed by atoms with E-state index in [1.54, 1.807) is 4.90 Å². The summed E-state index contributed by atoms with van der Waals surface area (Å²) in [7, 11) is 0. The molecule has 2 aromatic carbocycles. The van der Waals surface area contributed by atoms with Crippen LogP contribution < -0.4 is 10.2 Å². The number of anilines is 2. The van der Waals surface area contributed by atoms with E-state index in [1.165, 1.54) is 0 Å². The van der Waals surface area contributed by atoms with E-state index in [4.69, 9.17) is 9.72 Å². The van der Waals surface area contributed by atoms with Gasteiger partial charge in [0.15, 0.2) is 0 Å². The zero-order chi connectivity index (χ0) is 20.7. The number of fused-ring (bicyclic) bond motifs is 3. The Hall–Kier alpha value is -3.19. The molecule has 1 N–H and O–H groups in total. The minimum atomic E-state index is -0.613. The van der Waals surface area contributed by atoms with Crippen molar-refractivity contribution < 1.29 is 14.3 Å². The lowest BCUT2D eigenvalue weighted by Crippen LogP contribution is -2.37. The molecule has 1 fully saturated rings. The SMILES string of the molecule is Cc1ccccc1NC(=O)CC1C(=O)N(CC2CCCO2)c2nc3ccccc3n21. The van der Waals surface area contributed by atoms with E-state index in [-0.39, 0.29) is 24.3 Å². The van der Waals surface area contributed by atoms with Crippen LogP contribution in [-0.2, 0) is 14.3 Å². The monoisotopic (exact) mass is 404 g/mol. The molecule has 7 heteroatoms. The first kappa shape index (κ1) is 18.8. The van der Waals surface area contributed by atoms with Crippen molar-refractivity contribution >= 4 is 34.5 Å². The molecule has 0 bridgehead atoms. The second-order valence-corrected chi connectivity index (χ2v) is 7.94. The lowest BCUT2D eigenvalue weighted by atomic mass is 10.1. The van der Waals surface area contributed by atoms with Crippen LogP contribution in [0, 0.1) is 6.92 Å². The number of carbonyl (C=O) groups excluding carboxylic acids is 2. The van der Waals surface area contributed by atoms with E-state index >= 15 is 0 Å². The molecular formula is C23H24N4O3. The van der Waals surface area contributed by atoms with E-state index in [0.717, 1.165) is 41.7 Å². The quantitative estimate of drug-likeness (QED) is 0.707. The van der Waals surface area contributed by atoms with Gasteiger partial charge >= 0.3 is 0 Å². The number of carbonyl (C=O) groups is 2. The van der Waals surface area contributed by atoms with Crippen molar-refractivity contribution in [3.05, 3.63) is 54.1 Å². The molecule has 0 saturated carbocycles. The Bertz CT molecular complexity index is 1120. The second-order valence-electron chi connectivity index (χ2n) is 7.94. The summed E-state index contributed by atoms with van der Waals surface area (Å²) in [6, 6.07) is 14.7. The Labute approximate surface area is 174 Å². The maximum atomic E-state index is 13.3. The highest BCUT2D eigenvalue weighted by Gasteiger charge is 2.42. The molecule has 2 unspecified atom stereocenters. The Kier molecular flexibility index (Phi) is 4.75. The lowest BCUT2D eigenvalue weighted by Gasteiger charge is -2.19. The highest BCUT2D eigenvalue weighted by atomic mass is 16.5. The van der Waals surface area contributed by atoms with Gasteiger partial charge in [0, 0.05) is 12.3 Å². The van der Waals surface area contributed by atoms with Gasteiger partial charge in [-0.3, -0.25) is 19.1 Å². The first-order valence-corrected chi connectivity index (χ1v) is 10.4. The van der Waals surface area contributed by atoms with E-state index in [0.29, 0.717) is 12.5 Å². The van der Waals surface area contributed by atoms with Gasteiger partial charge in [0.05, 0.1) is 30.1 Å². The molecule has 2 amide bonds. The molecule has 3 aromatic rings. The summed E-state index contributed by atoms with van der Waals surface area (Å²) in [5.74, 6) is 0.314. The topological polar surface area (TPSA) is 76.5 Å². The lowest BCUT2D eigenvalue weighted by molar-refractivity contribution is -0.124. The molecule has 0 radical (unpaired) electrons. The number of nitrogens with zero attached hydrogens (tertiary/aromatic N) is 3. The summed E-state index contributed by atoms with van der Waals surface area (Å²) < 4.78 is 7.66. The number of hydrogen-bond donors (Lipinski definition) is 1. The molecule has 5 rings (SSSR count). The zero-order valence-electron chi connectivity index (χ0n) is 16.9. The van der Waals surface area contributed by atoms with Crippen molar-refractivity contribution in [2.75, 3.05) is 23.4 Å². The number of ether oxygens (including phenoxy) is 1. The Balaban J connectivity index is 1.45. The highest BCUT2D eigenvalue weighted by molar-refractivity contribution is 6.05. The fourth-order valence-electron chi connectivity index (χ4n) is 4.35. The number of aryl methyl sites for hydroxylation is 1. The second kappa shape index (κ2) is 7.57. The van der Waals surface area contributed by atoms with Crippen molar-refractivity contribution in [1.29, 1.82) is 0 Å². The number of amides is 2. The number of aromatic nitrogens is 2. The van der Waals surface area contributed by atoms with Gasteiger partial charge in [-0.15, -0.1) is 0 Å². The van der Waals surface area contributed by atoms with Crippen LogP contribution in [-0.4, -0.2) is 40.6 Å². The van der Waals surface area contributed by atoms with Crippen molar-refractivity contribution in [3.8, 4) is 0 Å². The molecule has 30 heavy (non-hydrogen) atoms. The molecule has 1 aromatic heterocycles. The predicted molar refractivity (Wildman–Crippen MR) is 115 cm³/mol. The first-order valence-electron chi connectivity index (χ1n) is 10.4. The van der Waals surface area contributed by atoms with E-state index < -0.39 is 6.04 Å². The fourth-order valence-corrected chi connectivity index (χ4v) is 4.35. The van der Waals surface area contributed by atoms with E-state index in [9.17, 15) is 9.59 Å². The van der Waals surface area contributed by atoms with Gasteiger partial charge in [0.1, 0.15) is 6.04 Å². The van der Waals surface area contributed by atoms with Crippen LogP contribution in [0.3, 0.4) is 0 Å². The summed E-state index contributed by atoms with van der Waals surface area (Å²) in [4.78, 5) is 32.6. The van der Waals surface area contributed by atoms with Gasteiger partial charge in [0.2, 0.25) is 11.9 Å². The average Bonchev–Trinajstić information content (AvgIpc) is 3.44. The van der Waals surface area contributed by atoms with E-state index in [2.05, 4.69) is 5.32 Å². The van der Waals surface area contributed by atoms with Crippen LogP contribution in [0.15, 0.2) is 48.5 Å². The molecule has 1 saturated heterocycles. The standard InChI is InChI=1S/C23H24N4O3/c1-15-7-2-3-9-17(15)24-21(28)13-20-22(29)26(14-16-8-6-12-30-16)23-25-18-10-4-5-11-19(18)27(20)23/h2-5,7,9-11,16,20H,6,8,12-14H2,1H3,(H,24,28). The van der Waals surface area contributed by atoms with Crippen molar-refractivity contribution in [2.24, 2.45) is 0 Å². The summed E-state index contributed by atoms with van der Waals surface area (Å²) in [5.41, 5.74) is 3.43. The number of rotatable bonds is 5. The van der Waals surface area contributed by atoms with Gasteiger partial charge < -0.3 is 10.1 Å². The number of imidazole rings is 1. The minimum Gasteiger partial charge on any atom is -0.376 e. The number of hydrogen-bond acceptors (Lipinski definition) is 4. The normalized spacial score (nSPS) is 20.7. The van der Waals surface area contributed by atoms with Crippen molar-refractivity contribution in [2.45, 2.75) is 38.3 Å². The Morgan fingerprint density at radius 1 is 1.20 bits per heavy atom. The van der Waals surface area contributed by atoms with Crippen LogP contribution in [0.25, 0.3) is 11.0 Å².